The van der Waals surface area contributed by atoms with E-state index in [9.17, 15) is 9.90 Å². The van der Waals surface area contributed by atoms with Gasteiger partial charge in [-0.2, -0.15) is 0 Å². The number of carbonyl (C=O) groups excluding carboxylic acids is 1. The van der Waals surface area contributed by atoms with E-state index in [2.05, 4.69) is 10.3 Å². The molecule has 0 aromatic carbocycles. The lowest BCUT2D eigenvalue weighted by molar-refractivity contribution is 0.0905. The van der Waals surface area contributed by atoms with Crippen molar-refractivity contribution in [1.82, 2.24) is 10.3 Å². The molecule has 5 heteroatoms. The highest BCUT2D eigenvalue weighted by Crippen LogP contribution is 2.29. The second kappa shape index (κ2) is 7.24. The summed E-state index contributed by atoms with van der Waals surface area (Å²) in [5.41, 5.74) is 0.450. The van der Waals surface area contributed by atoms with Gasteiger partial charge in [-0.3, -0.25) is 4.79 Å². The van der Waals surface area contributed by atoms with Gasteiger partial charge in [-0.1, -0.05) is 12.8 Å². The Morgan fingerprint density at radius 2 is 2.20 bits per heavy atom. The summed E-state index contributed by atoms with van der Waals surface area (Å²) in [6.07, 6.45) is 6.06. The minimum Gasteiger partial charge on any atom is -0.480 e. The van der Waals surface area contributed by atoms with Crippen molar-refractivity contribution in [2.24, 2.45) is 11.8 Å². The molecule has 0 radical (unpaired) electrons. The molecule has 1 amide bonds. The number of hydrogen-bond acceptors (Lipinski definition) is 4. The van der Waals surface area contributed by atoms with Gasteiger partial charge in [0.1, 0.15) is 5.56 Å². The summed E-state index contributed by atoms with van der Waals surface area (Å²) in [4.78, 5) is 16.2. The summed E-state index contributed by atoms with van der Waals surface area (Å²) in [6, 6.07) is 3.42. The van der Waals surface area contributed by atoms with Crippen molar-refractivity contribution in [3.63, 3.8) is 0 Å². The molecule has 1 heterocycles. The van der Waals surface area contributed by atoms with E-state index in [4.69, 9.17) is 4.74 Å². The van der Waals surface area contributed by atoms with Crippen LogP contribution in [-0.4, -0.2) is 36.3 Å². The second-order valence-corrected chi connectivity index (χ2v) is 5.26. The molecule has 1 saturated carbocycles. The molecule has 5 nitrogen and oxygen atoms in total. The Hall–Kier alpha value is -1.62. The monoisotopic (exact) mass is 278 g/mol. The molecule has 1 aliphatic rings. The Kier molecular flexibility index (Phi) is 5.35. The van der Waals surface area contributed by atoms with Crippen LogP contribution < -0.4 is 10.1 Å². The molecule has 0 saturated heterocycles. The lowest BCUT2D eigenvalue weighted by Gasteiger charge is -2.30. The molecule has 2 unspecified atom stereocenters. The van der Waals surface area contributed by atoms with E-state index in [0.29, 0.717) is 29.8 Å². The molecular weight excluding hydrogens is 256 g/mol. The largest absolute Gasteiger partial charge is 0.480 e. The molecule has 20 heavy (non-hydrogen) atoms. The number of ether oxygens (including phenoxy) is 1. The van der Waals surface area contributed by atoms with Gasteiger partial charge in [0.2, 0.25) is 5.88 Å². The summed E-state index contributed by atoms with van der Waals surface area (Å²) in [5.74, 6) is 0.838. The van der Waals surface area contributed by atoms with Gasteiger partial charge in [0.05, 0.1) is 7.11 Å². The summed E-state index contributed by atoms with van der Waals surface area (Å²) < 4.78 is 5.09. The number of carbonyl (C=O) groups is 1. The highest BCUT2D eigenvalue weighted by atomic mass is 16.5. The maximum absolute atomic E-state index is 12.2. The molecule has 1 aromatic rings. The first-order chi connectivity index (χ1) is 9.76. The van der Waals surface area contributed by atoms with Crippen molar-refractivity contribution in [2.75, 3.05) is 20.3 Å². The van der Waals surface area contributed by atoms with Gasteiger partial charge in [0.25, 0.3) is 5.91 Å². The van der Waals surface area contributed by atoms with Crippen LogP contribution in [0, 0.1) is 11.8 Å². The van der Waals surface area contributed by atoms with Crippen LogP contribution in [-0.2, 0) is 0 Å². The predicted molar refractivity (Wildman–Crippen MR) is 75.7 cm³/mol. The van der Waals surface area contributed by atoms with E-state index in [0.717, 1.165) is 12.8 Å². The van der Waals surface area contributed by atoms with E-state index in [-0.39, 0.29) is 12.5 Å². The van der Waals surface area contributed by atoms with Crippen LogP contribution in [0.25, 0.3) is 0 Å². The molecule has 1 fully saturated rings. The number of amides is 1. The quantitative estimate of drug-likeness (QED) is 0.858. The second-order valence-electron chi connectivity index (χ2n) is 5.26. The van der Waals surface area contributed by atoms with Crippen LogP contribution in [0.1, 0.15) is 36.0 Å². The first kappa shape index (κ1) is 14.8. The normalized spacial score (nSPS) is 22.3. The van der Waals surface area contributed by atoms with E-state index >= 15 is 0 Å². The zero-order valence-corrected chi connectivity index (χ0v) is 11.8. The number of rotatable bonds is 5. The number of hydrogen-bond donors (Lipinski definition) is 2. The first-order valence-corrected chi connectivity index (χ1v) is 7.14. The lowest BCUT2D eigenvalue weighted by Crippen LogP contribution is -2.35. The number of aromatic nitrogens is 1. The number of nitrogens with one attached hydrogen (secondary N) is 1. The number of aliphatic hydroxyl groups excluding tert-OH is 1. The molecule has 0 bridgehead atoms. The molecule has 2 rings (SSSR count). The summed E-state index contributed by atoms with van der Waals surface area (Å²) >= 11 is 0. The standard InChI is InChI=1S/C15H22N2O3/c1-20-15-13(7-4-8-16-15)14(19)17-9-11-5-2-3-6-12(11)10-18/h4,7-8,11-12,18H,2-3,5-6,9-10H2,1H3,(H,17,19). The molecule has 0 spiro atoms. The van der Waals surface area contributed by atoms with Crippen LogP contribution in [0.3, 0.4) is 0 Å². The van der Waals surface area contributed by atoms with Gasteiger partial charge < -0.3 is 15.2 Å². The van der Waals surface area contributed by atoms with Crippen LogP contribution in [0.15, 0.2) is 18.3 Å². The predicted octanol–water partition coefficient (Wildman–Crippen LogP) is 1.62. The van der Waals surface area contributed by atoms with Crippen molar-refractivity contribution in [3.05, 3.63) is 23.9 Å². The van der Waals surface area contributed by atoms with Gasteiger partial charge in [-0.15, -0.1) is 0 Å². The van der Waals surface area contributed by atoms with Gasteiger partial charge in [-0.05, 0) is 36.8 Å². The fourth-order valence-corrected chi connectivity index (χ4v) is 2.84. The SMILES string of the molecule is COc1ncccc1C(=O)NCC1CCCCC1CO. The Balaban J connectivity index is 1.94. The Bertz CT molecular complexity index is 450. The zero-order chi connectivity index (χ0) is 14.4. The lowest BCUT2D eigenvalue weighted by atomic mass is 9.79. The topological polar surface area (TPSA) is 71.5 Å². The maximum atomic E-state index is 12.2. The van der Waals surface area contributed by atoms with Crippen molar-refractivity contribution >= 4 is 5.91 Å². The van der Waals surface area contributed by atoms with Gasteiger partial charge in [0.15, 0.2) is 0 Å². The van der Waals surface area contributed by atoms with Crippen molar-refractivity contribution in [2.45, 2.75) is 25.7 Å². The van der Waals surface area contributed by atoms with E-state index in [1.165, 1.54) is 20.0 Å². The fraction of sp³-hybridized carbons (Fsp3) is 0.600. The van der Waals surface area contributed by atoms with Gasteiger partial charge >= 0.3 is 0 Å². The summed E-state index contributed by atoms with van der Waals surface area (Å²) in [5, 5.41) is 12.3. The minimum atomic E-state index is -0.169. The summed E-state index contributed by atoms with van der Waals surface area (Å²) in [6.45, 7) is 0.804. The molecular formula is C15H22N2O3. The van der Waals surface area contributed by atoms with E-state index in [1.54, 1.807) is 18.3 Å². The maximum Gasteiger partial charge on any atom is 0.256 e. The van der Waals surface area contributed by atoms with E-state index < -0.39 is 0 Å². The molecule has 1 aliphatic carbocycles. The fourth-order valence-electron chi connectivity index (χ4n) is 2.84. The van der Waals surface area contributed by atoms with Crippen LogP contribution in [0.5, 0.6) is 5.88 Å². The Morgan fingerprint density at radius 1 is 1.45 bits per heavy atom. The Labute approximate surface area is 119 Å². The smallest absolute Gasteiger partial charge is 0.256 e. The molecule has 1 aromatic heterocycles. The first-order valence-electron chi connectivity index (χ1n) is 7.14. The average molecular weight is 278 g/mol. The highest BCUT2D eigenvalue weighted by molar-refractivity contribution is 5.96. The van der Waals surface area contributed by atoms with Crippen molar-refractivity contribution in [1.29, 1.82) is 0 Å². The molecule has 2 N–H and O–H groups in total. The number of aliphatic hydroxyl groups is 1. The number of nitrogens with zero attached hydrogens (tertiary/aromatic N) is 1. The van der Waals surface area contributed by atoms with Crippen molar-refractivity contribution < 1.29 is 14.6 Å². The third-order valence-electron chi connectivity index (χ3n) is 4.03. The molecule has 110 valence electrons. The zero-order valence-electron chi connectivity index (χ0n) is 11.8. The Morgan fingerprint density at radius 3 is 2.90 bits per heavy atom. The van der Waals surface area contributed by atoms with Gasteiger partial charge in [-0.25, -0.2) is 4.98 Å². The molecule has 2 atom stereocenters. The highest BCUT2D eigenvalue weighted by Gasteiger charge is 2.25. The average Bonchev–Trinajstić information content (AvgIpc) is 2.52. The third kappa shape index (κ3) is 3.48. The van der Waals surface area contributed by atoms with Crippen LogP contribution in [0.2, 0.25) is 0 Å². The van der Waals surface area contributed by atoms with Crippen LogP contribution in [0.4, 0.5) is 0 Å². The van der Waals surface area contributed by atoms with Gasteiger partial charge in [0, 0.05) is 19.3 Å². The molecule has 0 aliphatic heterocycles. The van der Waals surface area contributed by atoms with Crippen LogP contribution >= 0.6 is 0 Å². The third-order valence-corrected chi connectivity index (χ3v) is 4.03. The summed E-state index contributed by atoms with van der Waals surface area (Å²) in [7, 11) is 1.50. The number of pyridine rings is 1. The van der Waals surface area contributed by atoms with E-state index in [1.807, 2.05) is 0 Å². The minimum absolute atomic E-state index is 0.169. The number of methoxy groups -OCH3 is 1. The van der Waals surface area contributed by atoms with Crippen molar-refractivity contribution in [3.8, 4) is 5.88 Å².